The van der Waals surface area contributed by atoms with Gasteiger partial charge >= 0.3 is 0 Å². The predicted octanol–water partition coefficient (Wildman–Crippen LogP) is 7.50. The molecule has 0 bridgehead atoms. The van der Waals surface area contributed by atoms with Crippen LogP contribution in [0.2, 0.25) is 0 Å². The molecule has 27 heavy (non-hydrogen) atoms. The average molecular weight is 351 g/mol. The number of allylic oxidation sites excluding steroid dienone is 3. The van der Waals surface area contributed by atoms with Crippen LogP contribution < -0.4 is 0 Å². The van der Waals surface area contributed by atoms with Crippen LogP contribution in [0.1, 0.15) is 37.8 Å². The number of benzene rings is 3. The van der Waals surface area contributed by atoms with Crippen molar-refractivity contribution in [3.63, 3.8) is 0 Å². The summed E-state index contributed by atoms with van der Waals surface area (Å²) in [4.78, 5) is 0. The van der Waals surface area contributed by atoms with E-state index in [1.807, 2.05) is 6.08 Å². The maximum atomic E-state index is 4.03. The summed E-state index contributed by atoms with van der Waals surface area (Å²) in [5.74, 6) is 0.497. The first-order chi connectivity index (χ1) is 13.2. The number of hydrogen-bond acceptors (Lipinski definition) is 0. The van der Waals surface area contributed by atoms with Gasteiger partial charge in [0.15, 0.2) is 0 Å². The van der Waals surface area contributed by atoms with Crippen molar-refractivity contribution >= 4 is 27.4 Å². The summed E-state index contributed by atoms with van der Waals surface area (Å²) in [6, 6.07) is 24.1. The molecule has 0 spiro atoms. The summed E-state index contributed by atoms with van der Waals surface area (Å²) in [5.41, 5.74) is 7.42. The molecule has 0 aliphatic rings. The van der Waals surface area contributed by atoms with Crippen LogP contribution in [0.3, 0.4) is 0 Å². The van der Waals surface area contributed by atoms with Crippen molar-refractivity contribution in [2.24, 2.45) is 0 Å². The van der Waals surface area contributed by atoms with Crippen LogP contribution in [0.4, 0.5) is 0 Å². The minimum Gasteiger partial charge on any atom is -0.309 e. The number of para-hydroxylation sites is 2. The van der Waals surface area contributed by atoms with E-state index in [4.69, 9.17) is 0 Å². The third-order valence-electron chi connectivity index (χ3n) is 5.33. The molecule has 0 radical (unpaired) electrons. The molecule has 0 amide bonds. The third kappa shape index (κ3) is 2.80. The summed E-state index contributed by atoms with van der Waals surface area (Å²) < 4.78 is 2.40. The molecule has 0 aliphatic carbocycles. The second kappa shape index (κ2) is 6.92. The van der Waals surface area contributed by atoms with Crippen LogP contribution in [0.15, 0.2) is 85.5 Å². The molecule has 1 heterocycles. The Kier molecular flexibility index (Phi) is 4.45. The Hall–Kier alpha value is -3.06. The number of fused-ring (bicyclic) bond motifs is 3. The lowest BCUT2D eigenvalue weighted by atomic mass is 10.0. The molecule has 1 heteroatoms. The van der Waals surface area contributed by atoms with Crippen molar-refractivity contribution in [1.82, 2.24) is 4.57 Å². The maximum Gasteiger partial charge on any atom is 0.0619 e. The van der Waals surface area contributed by atoms with Gasteiger partial charge in [0, 0.05) is 22.0 Å². The van der Waals surface area contributed by atoms with Crippen LogP contribution in [0.5, 0.6) is 0 Å². The minimum absolute atomic E-state index is 0.497. The van der Waals surface area contributed by atoms with Crippen LogP contribution in [-0.4, -0.2) is 4.57 Å². The molecule has 0 unspecified atom stereocenters. The fourth-order valence-electron chi connectivity index (χ4n) is 3.93. The molecule has 0 saturated heterocycles. The van der Waals surface area contributed by atoms with Crippen molar-refractivity contribution < 1.29 is 0 Å². The van der Waals surface area contributed by atoms with E-state index in [2.05, 4.69) is 105 Å². The summed E-state index contributed by atoms with van der Waals surface area (Å²) in [6.45, 7) is 10.6. The van der Waals surface area contributed by atoms with Gasteiger partial charge in [-0.1, -0.05) is 81.1 Å². The predicted molar refractivity (Wildman–Crippen MR) is 119 cm³/mol. The lowest BCUT2D eigenvalue weighted by Crippen LogP contribution is -1.98. The van der Waals surface area contributed by atoms with Crippen LogP contribution in [0, 0.1) is 0 Å². The fourth-order valence-corrected chi connectivity index (χ4v) is 3.93. The molecule has 0 atom stereocenters. The molecular formula is C26H25N. The first kappa shape index (κ1) is 17.4. The number of nitrogens with zero attached hydrogens (tertiary/aromatic N) is 1. The minimum atomic E-state index is 0.497. The quantitative estimate of drug-likeness (QED) is 0.335. The molecule has 1 nitrogen and oxygen atoms in total. The summed E-state index contributed by atoms with van der Waals surface area (Å²) in [7, 11) is 0. The molecular weight excluding hydrogens is 326 g/mol. The highest BCUT2D eigenvalue weighted by Crippen LogP contribution is 2.36. The Morgan fingerprint density at radius 2 is 1.67 bits per heavy atom. The highest BCUT2D eigenvalue weighted by molar-refractivity contribution is 6.12. The Morgan fingerprint density at radius 1 is 0.926 bits per heavy atom. The van der Waals surface area contributed by atoms with Gasteiger partial charge in [0.05, 0.1) is 11.0 Å². The first-order valence-electron chi connectivity index (χ1n) is 9.57. The largest absolute Gasteiger partial charge is 0.309 e. The van der Waals surface area contributed by atoms with Gasteiger partial charge in [-0.05, 0) is 42.2 Å². The monoisotopic (exact) mass is 351 g/mol. The maximum absolute atomic E-state index is 4.03. The highest BCUT2D eigenvalue weighted by atomic mass is 15.0. The number of aromatic nitrogens is 1. The Labute approximate surface area is 161 Å². The van der Waals surface area contributed by atoms with Gasteiger partial charge in [-0.2, -0.15) is 0 Å². The molecule has 0 aliphatic heterocycles. The SMILES string of the molecule is C=CC(=CC)c1cccc2c3ccccc3n(-c3cccc(C(C)C)c3)c12. The second-order valence-corrected chi connectivity index (χ2v) is 7.25. The van der Waals surface area contributed by atoms with Crippen molar-refractivity contribution in [1.29, 1.82) is 0 Å². The summed E-state index contributed by atoms with van der Waals surface area (Å²) in [6.07, 6.45) is 4.08. The summed E-state index contributed by atoms with van der Waals surface area (Å²) in [5, 5.41) is 2.56. The van der Waals surface area contributed by atoms with Crippen LogP contribution in [-0.2, 0) is 0 Å². The van der Waals surface area contributed by atoms with Gasteiger partial charge in [-0.3, -0.25) is 0 Å². The topological polar surface area (TPSA) is 4.93 Å². The molecule has 1 aromatic heterocycles. The standard InChI is InChI=1S/C26H25N/c1-5-19(6-2)22-14-10-15-24-23-13-7-8-16-25(23)27(26(22)24)21-12-9-11-20(17-21)18(3)4/h5-18H,1H2,2-4H3. The van der Waals surface area contributed by atoms with E-state index in [1.165, 1.54) is 38.6 Å². The van der Waals surface area contributed by atoms with E-state index >= 15 is 0 Å². The van der Waals surface area contributed by atoms with E-state index < -0.39 is 0 Å². The molecule has 0 fully saturated rings. The van der Waals surface area contributed by atoms with Crippen molar-refractivity contribution in [3.8, 4) is 5.69 Å². The zero-order valence-electron chi connectivity index (χ0n) is 16.2. The zero-order chi connectivity index (χ0) is 19.0. The smallest absolute Gasteiger partial charge is 0.0619 e. The van der Waals surface area contributed by atoms with E-state index in [0.717, 1.165) is 5.57 Å². The Morgan fingerprint density at radius 3 is 2.41 bits per heavy atom. The van der Waals surface area contributed by atoms with Crippen molar-refractivity contribution in [2.45, 2.75) is 26.7 Å². The Bertz CT molecular complexity index is 1170. The second-order valence-electron chi connectivity index (χ2n) is 7.25. The zero-order valence-corrected chi connectivity index (χ0v) is 16.2. The fraction of sp³-hybridized carbons (Fsp3) is 0.154. The lowest BCUT2D eigenvalue weighted by molar-refractivity contribution is 0.864. The van der Waals surface area contributed by atoms with Crippen LogP contribution in [0.25, 0.3) is 33.1 Å². The molecule has 4 rings (SSSR count). The van der Waals surface area contributed by atoms with Gasteiger partial charge in [0.25, 0.3) is 0 Å². The van der Waals surface area contributed by atoms with Gasteiger partial charge in [-0.15, -0.1) is 0 Å². The first-order valence-corrected chi connectivity index (χ1v) is 9.57. The third-order valence-corrected chi connectivity index (χ3v) is 5.33. The Balaban J connectivity index is 2.18. The van der Waals surface area contributed by atoms with Gasteiger partial charge in [0.2, 0.25) is 0 Å². The average Bonchev–Trinajstić information content (AvgIpc) is 3.04. The molecule has 0 saturated carbocycles. The van der Waals surface area contributed by atoms with Crippen molar-refractivity contribution in [2.75, 3.05) is 0 Å². The molecule has 4 aromatic rings. The number of rotatable bonds is 4. The summed E-state index contributed by atoms with van der Waals surface area (Å²) >= 11 is 0. The molecule has 3 aromatic carbocycles. The normalized spacial score (nSPS) is 12.2. The van der Waals surface area contributed by atoms with E-state index in [9.17, 15) is 0 Å². The van der Waals surface area contributed by atoms with Gasteiger partial charge < -0.3 is 4.57 Å². The van der Waals surface area contributed by atoms with Gasteiger partial charge in [0.1, 0.15) is 0 Å². The lowest BCUT2D eigenvalue weighted by Gasteiger charge is -2.14. The molecule has 134 valence electrons. The van der Waals surface area contributed by atoms with E-state index in [-0.39, 0.29) is 0 Å². The number of hydrogen-bond donors (Lipinski definition) is 0. The van der Waals surface area contributed by atoms with Crippen molar-refractivity contribution in [3.05, 3.63) is 96.6 Å². The van der Waals surface area contributed by atoms with E-state index in [0.29, 0.717) is 5.92 Å². The van der Waals surface area contributed by atoms with Gasteiger partial charge in [-0.25, -0.2) is 0 Å². The molecule has 0 N–H and O–H groups in total. The van der Waals surface area contributed by atoms with Crippen LogP contribution >= 0.6 is 0 Å². The van der Waals surface area contributed by atoms with E-state index in [1.54, 1.807) is 0 Å². The highest BCUT2D eigenvalue weighted by Gasteiger charge is 2.16.